The number of carbonyl (C=O) groups excluding carboxylic acids is 1. The van der Waals surface area contributed by atoms with Gasteiger partial charge in [-0.3, -0.25) is 4.79 Å². The van der Waals surface area contributed by atoms with E-state index in [1.165, 1.54) is 24.8 Å². The fourth-order valence-corrected chi connectivity index (χ4v) is 3.27. The highest BCUT2D eigenvalue weighted by Gasteiger charge is 2.32. The van der Waals surface area contributed by atoms with Crippen LogP contribution in [0, 0.1) is 11.8 Å². The first-order valence-corrected chi connectivity index (χ1v) is 7.48. The summed E-state index contributed by atoms with van der Waals surface area (Å²) >= 11 is 0. The van der Waals surface area contributed by atoms with Crippen LogP contribution in [0.4, 0.5) is 0 Å². The normalized spacial score (nSPS) is 27.8. The first-order chi connectivity index (χ1) is 9.27. The summed E-state index contributed by atoms with van der Waals surface area (Å²) in [5.74, 6) is 1.46. The van der Waals surface area contributed by atoms with Crippen LogP contribution in [0.3, 0.4) is 0 Å². The zero-order valence-corrected chi connectivity index (χ0v) is 11.6. The lowest BCUT2D eigenvalue weighted by molar-refractivity contribution is 0.0240. The molecule has 102 valence electrons. The second-order valence-corrected chi connectivity index (χ2v) is 6.03. The Labute approximate surface area is 115 Å². The van der Waals surface area contributed by atoms with E-state index in [0.29, 0.717) is 17.6 Å². The number of ether oxygens (including phenoxy) is 1. The average molecular weight is 258 g/mol. The highest BCUT2D eigenvalue weighted by molar-refractivity contribution is 5.99. The monoisotopic (exact) mass is 258 g/mol. The SMILES string of the molecule is CC1COCCC1C(=O)c1ccccc1C1CCC1. The Morgan fingerprint density at radius 2 is 2.00 bits per heavy atom. The molecule has 0 N–H and O–H groups in total. The van der Waals surface area contributed by atoms with Crippen LogP contribution in [0.15, 0.2) is 24.3 Å². The van der Waals surface area contributed by atoms with Crippen molar-refractivity contribution in [3.05, 3.63) is 35.4 Å². The molecule has 2 fully saturated rings. The van der Waals surface area contributed by atoms with Crippen LogP contribution in [0.5, 0.6) is 0 Å². The number of hydrogen-bond donors (Lipinski definition) is 0. The Balaban J connectivity index is 1.86. The molecule has 1 saturated carbocycles. The van der Waals surface area contributed by atoms with Crippen molar-refractivity contribution in [3.8, 4) is 0 Å². The minimum absolute atomic E-state index is 0.148. The fraction of sp³-hybridized carbons (Fsp3) is 0.588. The van der Waals surface area contributed by atoms with Crippen LogP contribution < -0.4 is 0 Å². The summed E-state index contributed by atoms with van der Waals surface area (Å²) in [6.07, 6.45) is 4.67. The molecule has 19 heavy (non-hydrogen) atoms. The molecule has 2 nitrogen and oxygen atoms in total. The zero-order chi connectivity index (χ0) is 13.2. The first-order valence-electron chi connectivity index (χ1n) is 7.48. The van der Waals surface area contributed by atoms with E-state index in [1.807, 2.05) is 12.1 Å². The lowest BCUT2D eigenvalue weighted by atomic mass is 9.75. The Kier molecular flexibility index (Phi) is 3.69. The first kappa shape index (κ1) is 12.9. The third-order valence-corrected chi connectivity index (χ3v) is 4.75. The number of Topliss-reactive ketones (excluding diaryl/α,β-unsaturated/α-hetero) is 1. The largest absolute Gasteiger partial charge is 0.381 e. The molecule has 1 aliphatic heterocycles. The van der Waals surface area contributed by atoms with Crippen LogP contribution in [-0.2, 0) is 4.74 Å². The van der Waals surface area contributed by atoms with Crippen molar-refractivity contribution in [2.45, 2.75) is 38.5 Å². The van der Waals surface area contributed by atoms with Crippen molar-refractivity contribution in [1.29, 1.82) is 0 Å². The molecule has 0 bridgehead atoms. The van der Waals surface area contributed by atoms with Crippen molar-refractivity contribution in [2.24, 2.45) is 11.8 Å². The van der Waals surface area contributed by atoms with Gasteiger partial charge in [0.15, 0.2) is 5.78 Å². The third-order valence-electron chi connectivity index (χ3n) is 4.75. The molecular formula is C17H22O2. The van der Waals surface area contributed by atoms with Crippen LogP contribution in [0.25, 0.3) is 0 Å². The van der Waals surface area contributed by atoms with E-state index >= 15 is 0 Å². The number of carbonyl (C=O) groups is 1. The molecule has 1 heterocycles. The lowest BCUT2D eigenvalue weighted by Gasteiger charge is -2.31. The molecule has 0 radical (unpaired) electrons. The van der Waals surface area contributed by atoms with Crippen molar-refractivity contribution >= 4 is 5.78 Å². The van der Waals surface area contributed by atoms with Crippen LogP contribution in [0.2, 0.25) is 0 Å². The van der Waals surface area contributed by atoms with Crippen molar-refractivity contribution in [2.75, 3.05) is 13.2 Å². The molecule has 1 aromatic rings. The number of hydrogen-bond acceptors (Lipinski definition) is 2. The topological polar surface area (TPSA) is 26.3 Å². The van der Waals surface area contributed by atoms with Gasteiger partial charge in [0.1, 0.15) is 0 Å². The van der Waals surface area contributed by atoms with Gasteiger partial charge in [0, 0.05) is 24.7 Å². The third kappa shape index (κ3) is 2.46. The summed E-state index contributed by atoms with van der Waals surface area (Å²) in [4.78, 5) is 12.8. The highest BCUT2D eigenvalue weighted by Crippen LogP contribution is 2.39. The number of benzene rings is 1. The summed E-state index contributed by atoms with van der Waals surface area (Å²) in [5.41, 5.74) is 2.27. The van der Waals surface area contributed by atoms with E-state index < -0.39 is 0 Å². The lowest BCUT2D eigenvalue weighted by Crippen LogP contribution is -2.32. The van der Waals surface area contributed by atoms with Crippen LogP contribution in [0.1, 0.15) is 54.4 Å². The van der Waals surface area contributed by atoms with Gasteiger partial charge in [-0.2, -0.15) is 0 Å². The van der Waals surface area contributed by atoms with Crippen LogP contribution in [-0.4, -0.2) is 19.0 Å². The minimum Gasteiger partial charge on any atom is -0.381 e. The summed E-state index contributed by atoms with van der Waals surface area (Å²) in [6.45, 7) is 3.59. The van der Waals surface area contributed by atoms with E-state index in [2.05, 4.69) is 19.1 Å². The van der Waals surface area contributed by atoms with Gasteiger partial charge in [-0.25, -0.2) is 0 Å². The smallest absolute Gasteiger partial charge is 0.166 e. The molecule has 1 saturated heterocycles. The highest BCUT2D eigenvalue weighted by atomic mass is 16.5. The van der Waals surface area contributed by atoms with Gasteiger partial charge >= 0.3 is 0 Å². The number of rotatable bonds is 3. The number of ketones is 1. The predicted molar refractivity (Wildman–Crippen MR) is 75.5 cm³/mol. The summed E-state index contributed by atoms with van der Waals surface area (Å²) < 4.78 is 5.46. The molecule has 3 rings (SSSR count). The van der Waals surface area contributed by atoms with Crippen molar-refractivity contribution in [3.63, 3.8) is 0 Å². The van der Waals surface area contributed by atoms with Gasteiger partial charge in [0.05, 0.1) is 0 Å². The van der Waals surface area contributed by atoms with E-state index in [1.54, 1.807) is 0 Å². The molecule has 0 amide bonds. The van der Waals surface area contributed by atoms with Gasteiger partial charge in [-0.15, -0.1) is 0 Å². The van der Waals surface area contributed by atoms with E-state index in [-0.39, 0.29) is 5.92 Å². The van der Waals surface area contributed by atoms with Gasteiger partial charge in [-0.1, -0.05) is 37.6 Å². The summed E-state index contributed by atoms with van der Waals surface area (Å²) in [5, 5.41) is 0. The van der Waals surface area contributed by atoms with E-state index in [0.717, 1.165) is 25.2 Å². The Morgan fingerprint density at radius 3 is 2.68 bits per heavy atom. The van der Waals surface area contributed by atoms with Gasteiger partial charge in [0.2, 0.25) is 0 Å². The molecule has 2 unspecified atom stereocenters. The van der Waals surface area contributed by atoms with E-state index in [9.17, 15) is 4.79 Å². The second kappa shape index (κ2) is 5.46. The molecule has 0 aromatic heterocycles. The average Bonchev–Trinajstić information content (AvgIpc) is 2.37. The van der Waals surface area contributed by atoms with Crippen molar-refractivity contribution in [1.82, 2.24) is 0 Å². The summed E-state index contributed by atoms with van der Waals surface area (Å²) in [7, 11) is 0. The van der Waals surface area contributed by atoms with Gasteiger partial charge in [0.25, 0.3) is 0 Å². The molecule has 2 aliphatic rings. The Hall–Kier alpha value is -1.15. The standard InChI is InChI=1S/C17H22O2/c1-12-11-19-10-9-14(12)17(18)16-8-3-2-7-15(16)13-5-4-6-13/h2-3,7-8,12-14H,4-6,9-11H2,1H3. The molecule has 0 spiro atoms. The molecule has 1 aromatic carbocycles. The quantitative estimate of drug-likeness (QED) is 0.771. The minimum atomic E-state index is 0.148. The zero-order valence-electron chi connectivity index (χ0n) is 11.6. The molecular weight excluding hydrogens is 236 g/mol. The maximum atomic E-state index is 12.8. The van der Waals surface area contributed by atoms with Crippen LogP contribution >= 0.6 is 0 Å². The van der Waals surface area contributed by atoms with Crippen molar-refractivity contribution < 1.29 is 9.53 Å². The van der Waals surface area contributed by atoms with Gasteiger partial charge in [-0.05, 0) is 36.7 Å². The Morgan fingerprint density at radius 1 is 1.21 bits per heavy atom. The molecule has 1 aliphatic carbocycles. The fourth-order valence-electron chi connectivity index (χ4n) is 3.27. The second-order valence-electron chi connectivity index (χ2n) is 6.03. The maximum absolute atomic E-state index is 12.8. The molecule has 2 heteroatoms. The maximum Gasteiger partial charge on any atom is 0.166 e. The Bertz CT molecular complexity index is 462. The molecule has 2 atom stereocenters. The van der Waals surface area contributed by atoms with Gasteiger partial charge < -0.3 is 4.74 Å². The summed E-state index contributed by atoms with van der Waals surface area (Å²) in [6, 6.07) is 8.25. The van der Waals surface area contributed by atoms with E-state index in [4.69, 9.17) is 4.74 Å². The predicted octanol–water partition coefficient (Wildman–Crippen LogP) is 3.81.